The van der Waals surface area contributed by atoms with Crippen molar-refractivity contribution in [1.82, 2.24) is 10.6 Å². The molecule has 0 saturated carbocycles. The van der Waals surface area contributed by atoms with Crippen LogP contribution in [0.5, 0.6) is 0 Å². The fourth-order valence-electron chi connectivity index (χ4n) is 0.935. The average molecular weight is 239 g/mol. The van der Waals surface area contributed by atoms with Crippen LogP contribution in [0.3, 0.4) is 0 Å². The van der Waals surface area contributed by atoms with Gasteiger partial charge in [-0.1, -0.05) is 0 Å². The van der Waals surface area contributed by atoms with Crippen LogP contribution in [0.25, 0.3) is 0 Å². The van der Waals surface area contributed by atoms with E-state index in [1.165, 1.54) is 6.92 Å². The van der Waals surface area contributed by atoms with E-state index in [1.54, 1.807) is 13.0 Å². The van der Waals surface area contributed by atoms with Crippen LogP contribution < -0.4 is 10.6 Å². The molecule has 0 aliphatic carbocycles. The fraction of sp³-hybridized carbons (Fsp3) is 0.400. The highest BCUT2D eigenvalue weighted by atomic mass is 16.5. The Balaban J connectivity index is 4.69. The van der Waals surface area contributed by atoms with Crippen molar-refractivity contribution >= 4 is 17.8 Å². The summed E-state index contributed by atoms with van der Waals surface area (Å²) in [6.07, 6.45) is 0. The van der Waals surface area contributed by atoms with E-state index < -0.39 is 17.8 Å². The van der Waals surface area contributed by atoms with Crippen LogP contribution in [0.15, 0.2) is 11.3 Å². The number of urea groups is 1. The Morgan fingerprint density at radius 3 is 2.24 bits per heavy atom. The Morgan fingerprint density at radius 1 is 1.24 bits per heavy atom. The van der Waals surface area contributed by atoms with Crippen molar-refractivity contribution in [3.63, 3.8) is 0 Å². The molecule has 0 radical (unpaired) electrons. The Kier molecular flexibility index (Phi) is 6.03. The molecule has 0 aliphatic heterocycles. The highest BCUT2D eigenvalue weighted by Gasteiger charge is 2.16. The molecule has 0 saturated heterocycles. The number of ether oxygens (including phenoxy) is 1. The molecule has 0 spiro atoms. The summed E-state index contributed by atoms with van der Waals surface area (Å²) in [7, 11) is 0. The molecule has 2 N–H and O–H groups in total. The molecule has 92 valence electrons. The zero-order chi connectivity index (χ0) is 13.4. The van der Waals surface area contributed by atoms with Gasteiger partial charge in [-0.05, 0) is 13.8 Å². The molecule has 7 nitrogen and oxygen atoms in total. The van der Waals surface area contributed by atoms with E-state index in [-0.39, 0.29) is 11.3 Å². The first-order chi connectivity index (χ1) is 7.92. The van der Waals surface area contributed by atoms with Crippen molar-refractivity contribution < 1.29 is 19.1 Å². The van der Waals surface area contributed by atoms with Gasteiger partial charge in [0.05, 0.1) is 6.61 Å². The Labute approximate surface area is 98.4 Å². The van der Waals surface area contributed by atoms with Crippen molar-refractivity contribution in [2.75, 3.05) is 6.61 Å². The van der Waals surface area contributed by atoms with Crippen molar-refractivity contribution in [2.24, 2.45) is 0 Å². The maximum absolute atomic E-state index is 11.4. The van der Waals surface area contributed by atoms with Crippen LogP contribution in [0.2, 0.25) is 0 Å². The number of imide groups is 2. The van der Waals surface area contributed by atoms with Crippen molar-refractivity contribution in [2.45, 2.75) is 20.8 Å². The molecule has 0 aromatic heterocycles. The third-order valence-electron chi connectivity index (χ3n) is 1.57. The zero-order valence-electron chi connectivity index (χ0n) is 9.79. The highest BCUT2D eigenvalue weighted by Crippen LogP contribution is 2.04. The molecule has 0 heterocycles. The second kappa shape index (κ2) is 7.00. The van der Waals surface area contributed by atoms with Crippen molar-refractivity contribution in [3.05, 3.63) is 11.3 Å². The van der Waals surface area contributed by atoms with E-state index in [0.29, 0.717) is 6.61 Å². The number of rotatable bonds is 3. The van der Waals surface area contributed by atoms with Gasteiger partial charge in [0.25, 0.3) is 5.91 Å². The molecule has 0 bridgehead atoms. The molecule has 0 aromatic carbocycles. The second-order valence-electron chi connectivity index (χ2n) is 2.94. The normalized spacial score (nSPS) is 10.7. The summed E-state index contributed by atoms with van der Waals surface area (Å²) in [4.78, 5) is 33.0. The Morgan fingerprint density at radius 2 is 1.82 bits per heavy atom. The number of hydrogen-bond donors (Lipinski definition) is 2. The Hall–Kier alpha value is -2.36. The van der Waals surface area contributed by atoms with E-state index in [0.717, 1.165) is 6.92 Å². The summed E-state index contributed by atoms with van der Waals surface area (Å²) in [5.41, 5.74) is -0.314. The molecule has 0 aromatic rings. The predicted molar refractivity (Wildman–Crippen MR) is 57.3 cm³/mol. The largest absolute Gasteiger partial charge is 0.497 e. The number of carbonyl (C=O) groups excluding carboxylic acids is 3. The summed E-state index contributed by atoms with van der Waals surface area (Å²) in [6, 6.07) is 0.636. The minimum absolute atomic E-state index is 0.114. The summed E-state index contributed by atoms with van der Waals surface area (Å²) in [6.45, 7) is 4.55. The first-order valence-corrected chi connectivity index (χ1v) is 4.79. The molecule has 0 atom stereocenters. The van der Waals surface area contributed by atoms with Gasteiger partial charge in [0.2, 0.25) is 5.91 Å². The predicted octanol–water partition coefficient (Wildman–Crippen LogP) is 0.193. The van der Waals surface area contributed by atoms with Crippen molar-refractivity contribution in [3.8, 4) is 6.07 Å². The standard InChI is InChI=1S/C10H13N3O4/c1-4-17-6(2)8(5-11)9(15)13-10(16)12-7(3)14/h4H2,1-3H3,(H2,12,13,14,15,16)/b8-6+. The number of nitrogens with zero attached hydrogens (tertiary/aromatic N) is 1. The third-order valence-corrected chi connectivity index (χ3v) is 1.57. The maximum atomic E-state index is 11.4. The summed E-state index contributed by atoms with van der Waals surface area (Å²) >= 11 is 0. The van der Waals surface area contributed by atoms with Gasteiger partial charge in [-0.2, -0.15) is 5.26 Å². The number of nitrogens with one attached hydrogen (secondary N) is 2. The van der Waals surface area contributed by atoms with Crippen LogP contribution in [-0.2, 0) is 14.3 Å². The molecular weight excluding hydrogens is 226 g/mol. The minimum atomic E-state index is -0.987. The monoisotopic (exact) mass is 239 g/mol. The molecule has 17 heavy (non-hydrogen) atoms. The number of nitriles is 1. The number of amides is 4. The van der Waals surface area contributed by atoms with Gasteiger partial charge in [-0.15, -0.1) is 0 Å². The molecule has 0 rings (SSSR count). The molecule has 0 fully saturated rings. The van der Waals surface area contributed by atoms with Crippen LogP contribution in [0.1, 0.15) is 20.8 Å². The van der Waals surface area contributed by atoms with E-state index in [4.69, 9.17) is 10.00 Å². The molecule has 0 unspecified atom stereocenters. The third kappa shape index (κ3) is 5.32. The SMILES string of the molecule is CCO/C(C)=C(\C#N)C(=O)NC(=O)NC(C)=O. The van der Waals surface area contributed by atoms with E-state index >= 15 is 0 Å². The lowest BCUT2D eigenvalue weighted by Crippen LogP contribution is -2.42. The summed E-state index contributed by atoms with van der Waals surface area (Å²) < 4.78 is 4.98. The number of carbonyl (C=O) groups is 3. The van der Waals surface area contributed by atoms with Crippen LogP contribution in [0, 0.1) is 11.3 Å². The summed E-state index contributed by atoms with van der Waals surface area (Å²) in [5.74, 6) is -1.42. The highest BCUT2D eigenvalue weighted by molar-refractivity contribution is 6.09. The van der Waals surface area contributed by atoms with Crippen molar-refractivity contribution in [1.29, 1.82) is 5.26 Å². The number of allylic oxidation sites excluding steroid dienone is 1. The van der Waals surface area contributed by atoms with E-state index in [1.807, 2.05) is 10.6 Å². The molecular formula is C10H13N3O4. The van der Waals surface area contributed by atoms with Gasteiger partial charge < -0.3 is 4.74 Å². The topological polar surface area (TPSA) is 108 Å². The first-order valence-electron chi connectivity index (χ1n) is 4.79. The fourth-order valence-corrected chi connectivity index (χ4v) is 0.935. The quantitative estimate of drug-likeness (QED) is 0.415. The second-order valence-corrected chi connectivity index (χ2v) is 2.94. The summed E-state index contributed by atoms with van der Waals surface area (Å²) in [5, 5.41) is 12.4. The van der Waals surface area contributed by atoms with E-state index in [2.05, 4.69) is 0 Å². The van der Waals surface area contributed by atoms with E-state index in [9.17, 15) is 14.4 Å². The molecule has 4 amide bonds. The van der Waals surface area contributed by atoms with Gasteiger partial charge in [0, 0.05) is 6.92 Å². The first kappa shape index (κ1) is 14.6. The van der Waals surface area contributed by atoms with Crippen LogP contribution in [0.4, 0.5) is 4.79 Å². The van der Waals surface area contributed by atoms with Crippen LogP contribution in [-0.4, -0.2) is 24.5 Å². The lowest BCUT2D eigenvalue weighted by atomic mass is 10.2. The van der Waals surface area contributed by atoms with Crippen LogP contribution >= 0.6 is 0 Å². The van der Waals surface area contributed by atoms with Gasteiger partial charge in [0.1, 0.15) is 11.8 Å². The van der Waals surface area contributed by atoms with Gasteiger partial charge >= 0.3 is 6.03 Å². The Bertz CT molecular complexity index is 406. The minimum Gasteiger partial charge on any atom is -0.497 e. The van der Waals surface area contributed by atoms with Gasteiger partial charge in [-0.25, -0.2) is 4.79 Å². The average Bonchev–Trinajstić information content (AvgIpc) is 2.17. The molecule has 7 heteroatoms. The lowest BCUT2D eigenvalue weighted by Gasteiger charge is -2.06. The van der Waals surface area contributed by atoms with Gasteiger partial charge in [-0.3, -0.25) is 20.2 Å². The molecule has 0 aliphatic rings. The lowest BCUT2D eigenvalue weighted by molar-refractivity contribution is -0.118. The smallest absolute Gasteiger partial charge is 0.328 e. The zero-order valence-corrected chi connectivity index (χ0v) is 9.79. The number of hydrogen-bond acceptors (Lipinski definition) is 5. The van der Waals surface area contributed by atoms with Gasteiger partial charge in [0.15, 0.2) is 5.57 Å². The maximum Gasteiger partial charge on any atom is 0.328 e.